The Bertz CT molecular complexity index is 521. The molecule has 0 bridgehead atoms. The molecule has 2 N–H and O–H groups in total. The Labute approximate surface area is 112 Å². The molecule has 0 radical (unpaired) electrons. The molecule has 0 aliphatic heterocycles. The van der Waals surface area contributed by atoms with Crippen LogP contribution in [-0.2, 0) is 0 Å². The number of hydrogen-bond donors (Lipinski definition) is 1. The average molecular weight is 267 g/mol. The highest BCUT2D eigenvalue weighted by Gasteiger charge is 2.13. The summed E-state index contributed by atoms with van der Waals surface area (Å²) in [6, 6.07) is 5.79. The van der Waals surface area contributed by atoms with Crippen molar-refractivity contribution in [1.29, 1.82) is 0 Å². The van der Waals surface area contributed by atoms with Crippen LogP contribution in [0.2, 0.25) is 5.02 Å². The van der Waals surface area contributed by atoms with Gasteiger partial charge in [0.2, 0.25) is 0 Å². The van der Waals surface area contributed by atoms with E-state index in [1.165, 1.54) is 0 Å². The maximum Gasteiger partial charge on any atom is 0.198 e. The Balaban J connectivity index is 2.06. The van der Waals surface area contributed by atoms with Crippen LogP contribution in [0.1, 0.15) is 44.9 Å². The second-order valence-corrected chi connectivity index (χ2v) is 5.41. The van der Waals surface area contributed by atoms with Gasteiger partial charge in [-0.2, -0.15) is 0 Å². The van der Waals surface area contributed by atoms with Crippen molar-refractivity contribution in [2.24, 2.45) is 5.73 Å². The maximum atomic E-state index is 5.92. The fourth-order valence-electron chi connectivity index (χ4n) is 2.00. The van der Waals surface area contributed by atoms with Gasteiger partial charge in [-0.3, -0.25) is 0 Å². The molecule has 0 fully saturated rings. The highest BCUT2D eigenvalue weighted by Crippen LogP contribution is 2.26. The number of nitrogens with zero attached hydrogens (tertiary/aromatic N) is 1. The van der Waals surface area contributed by atoms with E-state index in [9.17, 15) is 0 Å². The summed E-state index contributed by atoms with van der Waals surface area (Å²) < 4.78 is 5.74. The summed E-state index contributed by atoms with van der Waals surface area (Å²) >= 11 is 5.92. The van der Waals surface area contributed by atoms with E-state index in [4.69, 9.17) is 21.8 Å². The molecule has 0 saturated carbocycles. The quantitative estimate of drug-likeness (QED) is 0.886. The number of benzene rings is 1. The molecule has 4 heteroatoms. The molecular formula is C14H19ClN2O. The topological polar surface area (TPSA) is 52.0 Å². The van der Waals surface area contributed by atoms with Gasteiger partial charge in [0.25, 0.3) is 0 Å². The fourth-order valence-corrected chi connectivity index (χ4v) is 2.16. The summed E-state index contributed by atoms with van der Waals surface area (Å²) in [4.78, 5) is 4.49. The van der Waals surface area contributed by atoms with Gasteiger partial charge in [0.1, 0.15) is 5.52 Å². The second-order valence-electron chi connectivity index (χ2n) is 4.97. The lowest BCUT2D eigenvalue weighted by Gasteiger charge is -2.08. The molecule has 1 aromatic carbocycles. The van der Waals surface area contributed by atoms with Gasteiger partial charge in [-0.25, -0.2) is 4.98 Å². The van der Waals surface area contributed by atoms with Crippen LogP contribution in [0.4, 0.5) is 0 Å². The Morgan fingerprint density at radius 3 is 2.83 bits per heavy atom. The molecule has 2 aromatic rings. The van der Waals surface area contributed by atoms with Crippen LogP contribution in [0.3, 0.4) is 0 Å². The normalized spacial score (nSPS) is 14.9. The van der Waals surface area contributed by atoms with Crippen molar-refractivity contribution in [3.8, 4) is 0 Å². The first-order valence-electron chi connectivity index (χ1n) is 6.38. The van der Waals surface area contributed by atoms with E-state index in [1.807, 2.05) is 25.1 Å². The molecule has 0 saturated heterocycles. The number of rotatable bonds is 5. The van der Waals surface area contributed by atoms with Gasteiger partial charge in [0.05, 0.1) is 0 Å². The largest absolute Gasteiger partial charge is 0.440 e. The summed E-state index contributed by atoms with van der Waals surface area (Å²) in [6.45, 7) is 4.17. The zero-order chi connectivity index (χ0) is 13.1. The third-order valence-corrected chi connectivity index (χ3v) is 3.32. The number of aromatic nitrogens is 1. The van der Waals surface area contributed by atoms with Crippen molar-refractivity contribution in [3.05, 3.63) is 29.1 Å². The average Bonchev–Trinajstić information content (AvgIpc) is 2.71. The molecule has 2 rings (SSSR count). The Morgan fingerprint density at radius 1 is 1.33 bits per heavy atom. The van der Waals surface area contributed by atoms with Crippen molar-refractivity contribution in [1.82, 2.24) is 4.98 Å². The van der Waals surface area contributed by atoms with Crippen LogP contribution >= 0.6 is 11.6 Å². The SMILES string of the molecule is CC(N)CCCC(C)c1nc2ccc(Cl)cc2o1. The van der Waals surface area contributed by atoms with Gasteiger partial charge in [0, 0.05) is 23.0 Å². The van der Waals surface area contributed by atoms with Gasteiger partial charge in [-0.15, -0.1) is 0 Å². The number of oxazole rings is 1. The Hall–Kier alpha value is -1.06. The van der Waals surface area contributed by atoms with Crippen molar-refractivity contribution in [3.63, 3.8) is 0 Å². The van der Waals surface area contributed by atoms with Gasteiger partial charge in [-0.1, -0.05) is 24.9 Å². The lowest BCUT2D eigenvalue weighted by molar-refractivity contribution is 0.452. The molecule has 1 heterocycles. The minimum absolute atomic E-state index is 0.264. The van der Waals surface area contributed by atoms with Gasteiger partial charge in [0.15, 0.2) is 11.5 Å². The monoisotopic (exact) mass is 266 g/mol. The summed E-state index contributed by atoms with van der Waals surface area (Å²) in [5.74, 6) is 1.10. The zero-order valence-electron chi connectivity index (χ0n) is 10.8. The minimum Gasteiger partial charge on any atom is -0.440 e. The van der Waals surface area contributed by atoms with Crippen LogP contribution in [0.5, 0.6) is 0 Å². The standard InChI is InChI=1S/C14H19ClN2O/c1-9(4-3-5-10(2)16)14-17-12-7-6-11(15)8-13(12)18-14/h6-10H,3-5,16H2,1-2H3. The molecule has 2 atom stereocenters. The number of halogens is 1. The highest BCUT2D eigenvalue weighted by atomic mass is 35.5. The van der Waals surface area contributed by atoms with Crippen LogP contribution in [0.15, 0.2) is 22.6 Å². The molecule has 1 aromatic heterocycles. The first-order chi connectivity index (χ1) is 8.56. The molecule has 2 unspecified atom stereocenters. The van der Waals surface area contributed by atoms with E-state index in [-0.39, 0.29) is 6.04 Å². The lowest BCUT2D eigenvalue weighted by Crippen LogP contribution is -2.14. The van der Waals surface area contributed by atoms with Crippen LogP contribution in [-0.4, -0.2) is 11.0 Å². The summed E-state index contributed by atoms with van der Waals surface area (Å²) in [5, 5.41) is 0.676. The number of fused-ring (bicyclic) bond motifs is 1. The van der Waals surface area contributed by atoms with Crippen LogP contribution < -0.4 is 5.73 Å². The van der Waals surface area contributed by atoms with Gasteiger partial charge < -0.3 is 10.2 Å². The van der Waals surface area contributed by atoms with Crippen LogP contribution in [0.25, 0.3) is 11.1 Å². The van der Waals surface area contributed by atoms with Crippen molar-refractivity contribution in [2.45, 2.75) is 45.1 Å². The van der Waals surface area contributed by atoms with E-state index >= 15 is 0 Å². The van der Waals surface area contributed by atoms with Crippen LogP contribution in [0, 0.1) is 0 Å². The van der Waals surface area contributed by atoms with E-state index in [0.717, 1.165) is 36.3 Å². The molecule has 0 aliphatic rings. The minimum atomic E-state index is 0.264. The van der Waals surface area contributed by atoms with Crippen molar-refractivity contribution < 1.29 is 4.42 Å². The third kappa shape index (κ3) is 3.24. The fraction of sp³-hybridized carbons (Fsp3) is 0.500. The molecule has 0 spiro atoms. The predicted molar refractivity (Wildman–Crippen MR) is 74.9 cm³/mol. The first kappa shape index (κ1) is 13.4. The van der Waals surface area contributed by atoms with E-state index in [1.54, 1.807) is 0 Å². The van der Waals surface area contributed by atoms with E-state index < -0.39 is 0 Å². The summed E-state index contributed by atoms with van der Waals surface area (Å²) in [7, 11) is 0. The Kier molecular flexibility index (Phi) is 4.25. The molecule has 98 valence electrons. The summed E-state index contributed by atoms with van der Waals surface area (Å²) in [5.41, 5.74) is 7.37. The molecular weight excluding hydrogens is 248 g/mol. The number of hydrogen-bond acceptors (Lipinski definition) is 3. The predicted octanol–water partition coefficient (Wildman–Crippen LogP) is 4.10. The molecule has 18 heavy (non-hydrogen) atoms. The summed E-state index contributed by atoms with van der Waals surface area (Å²) in [6.07, 6.45) is 3.18. The van der Waals surface area contributed by atoms with E-state index in [2.05, 4.69) is 11.9 Å². The number of nitrogens with two attached hydrogens (primary N) is 1. The van der Waals surface area contributed by atoms with Crippen molar-refractivity contribution in [2.75, 3.05) is 0 Å². The zero-order valence-corrected chi connectivity index (χ0v) is 11.6. The van der Waals surface area contributed by atoms with E-state index in [0.29, 0.717) is 10.9 Å². The van der Waals surface area contributed by atoms with Gasteiger partial charge >= 0.3 is 0 Å². The lowest BCUT2D eigenvalue weighted by atomic mass is 10.0. The molecule has 0 aliphatic carbocycles. The first-order valence-corrected chi connectivity index (χ1v) is 6.75. The van der Waals surface area contributed by atoms with Gasteiger partial charge in [-0.05, 0) is 31.9 Å². The molecule has 0 amide bonds. The smallest absolute Gasteiger partial charge is 0.198 e. The highest BCUT2D eigenvalue weighted by molar-refractivity contribution is 6.31. The maximum absolute atomic E-state index is 5.92. The molecule has 3 nitrogen and oxygen atoms in total. The Morgan fingerprint density at radius 2 is 2.11 bits per heavy atom. The second kappa shape index (κ2) is 5.72. The third-order valence-electron chi connectivity index (χ3n) is 3.09. The van der Waals surface area contributed by atoms with Crippen molar-refractivity contribution >= 4 is 22.7 Å².